The van der Waals surface area contributed by atoms with E-state index in [2.05, 4.69) is 24.4 Å². The lowest BCUT2D eigenvalue weighted by Crippen LogP contribution is -2.27. The lowest BCUT2D eigenvalue weighted by molar-refractivity contribution is 0.572. The molecule has 2 heteroatoms. The van der Waals surface area contributed by atoms with Gasteiger partial charge in [-0.2, -0.15) is 11.8 Å². The summed E-state index contributed by atoms with van der Waals surface area (Å²) in [5.74, 6) is 3.98. The van der Waals surface area contributed by atoms with Gasteiger partial charge in [-0.25, -0.2) is 0 Å². The van der Waals surface area contributed by atoms with E-state index >= 15 is 0 Å². The van der Waals surface area contributed by atoms with E-state index in [-0.39, 0.29) is 6.04 Å². The summed E-state index contributed by atoms with van der Waals surface area (Å²) < 4.78 is 0. The van der Waals surface area contributed by atoms with Crippen molar-refractivity contribution in [1.82, 2.24) is 5.32 Å². The number of thioether (sulfide) groups is 1. The Morgan fingerprint density at radius 2 is 2.25 bits per heavy atom. The molecule has 0 aromatic heterocycles. The van der Waals surface area contributed by atoms with Crippen molar-refractivity contribution in [3.63, 3.8) is 0 Å². The molecule has 0 spiro atoms. The van der Waals surface area contributed by atoms with E-state index in [0.29, 0.717) is 0 Å². The highest BCUT2D eigenvalue weighted by molar-refractivity contribution is 7.98. The largest absolute Gasteiger partial charge is 0.304 e. The third-order valence-electron chi connectivity index (χ3n) is 1.78. The fourth-order valence-corrected chi connectivity index (χ4v) is 1.46. The minimum Gasteiger partial charge on any atom is -0.304 e. The van der Waals surface area contributed by atoms with Gasteiger partial charge in [0, 0.05) is 0 Å². The minimum atomic E-state index is 0.277. The summed E-state index contributed by atoms with van der Waals surface area (Å²) in [6.45, 7) is 3.17. The molecule has 12 heavy (non-hydrogen) atoms. The summed E-state index contributed by atoms with van der Waals surface area (Å²) in [7, 11) is 0. The predicted molar refractivity (Wildman–Crippen MR) is 58.5 cm³/mol. The molecule has 1 unspecified atom stereocenters. The monoisotopic (exact) mass is 185 g/mol. The van der Waals surface area contributed by atoms with E-state index in [4.69, 9.17) is 6.42 Å². The van der Waals surface area contributed by atoms with Crippen LogP contribution in [0.1, 0.15) is 26.2 Å². The van der Waals surface area contributed by atoms with Crippen LogP contribution < -0.4 is 5.32 Å². The fraction of sp³-hybridized carbons (Fsp3) is 0.800. The molecule has 0 aliphatic carbocycles. The lowest BCUT2D eigenvalue weighted by Gasteiger charge is -2.09. The molecule has 0 aromatic rings. The predicted octanol–water partition coefficient (Wildman–Crippen LogP) is 2.13. The van der Waals surface area contributed by atoms with Crippen LogP contribution in [-0.2, 0) is 0 Å². The van der Waals surface area contributed by atoms with Crippen molar-refractivity contribution in [3.05, 3.63) is 0 Å². The van der Waals surface area contributed by atoms with Gasteiger partial charge in [0.15, 0.2) is 0 Å². The Labute approximate surface area is 80.7 Å². The van der Waals surface area contributed by atoms with Crippen LogP contribution in [-0.4, -0.2) is 24.6 Å². The maximum Gasteiger partial charge on any atom is 0.0684 e. The van der Waals surface area contributed by atoms with Crippen molar-refractivity contribution in [1.29, 1.82) is 0 Å². The summed E-state index contributed by atoms with van der Waals surface area (Å²) in [6, 6.07) is 0.277. The van der Waals surface area contributed by atoms with Gasteiger partial charge in [0.05, 0.1) is 6.04 Å². The number of nitrogens with one attached hydrogen (secondary N) is 1. The molecule has 0 bridgehead atoms. The molecule has 0 aliphatic rings. The van der Waals surface area contributed by atoms with Crippen molar-refractivity contribution < 1.29 is 0 Å². The average molecular weight is 185 g/mol. The Hall–Kier alpha value is -0.130. The molecule has 0 amide bonds. The molecule has 1 atom stereocenters. The van der Waals surface area contributed by atoms with Crippen LogP contribution in [0.4, 0.5) is 0 Å². The Morgan fingerprint density at radius 1 is 1.50 bits per heavy atom. The number of terminal acetylenes is 1. The standard InChI is InChI=1S/C10H19NS/c1-4-10(5-2)11-8-6-7-9-12-3/h1,10-11H,5-9H2,2-3H3. The summed E-state index contributed by atoms with van der Waals surface area (Å²) >= 11 is 1.90. The van der Waals surface area contributed by atoms with Gasteiger partial charge < -0.3 is 5.32 Å². The molecule has 1 nitrogen and oxygen atoms in total. The molecule has 0 heterocycles. The van der Waals surface area contributed by atoms with Gasteiger partial charge >= 0.3 is 0 Å². The van der Waals surface area contributed by atoms with Gasteiger partial charge in [-0.05, 0) is 37.8 Å². The SMILES string of the molecule is C#CC(CC)NCCCCSC. The van der Waals surface area contributed by atoms with Crippen LogP contribution in [0, 0.1) is 12.3 Å². The van der Waals surface area contributed by atoms with Crippen LogP contribution in [0.5, 0.6) is 0 Å². The van der Waals surface area contributed by atoms with Crippen LogP contribution in [0.25, 0.3) is 0 Å². The molecule has 0 fully saturated rings. The quantitative estimate of drug-likeness (QED) is 0.482. The Balaban J connectivity index is 3.13. The van der Waals surface area contributed by atoms with Gasteiger partial charge in [-0.1, -0.05) is 12.8 Å². The van der Waals surface area contributed by atoms with E-state index in [9.17, 15) is 0 Å². The molecular formula is C10H19NS. The summed E-state index contributed by atoms with van der Waals surface area (Å²) in [4.78, 5) is 0. The first kappa shape index (κ1) is 11.9. The van der Waals surface area contributed by atoms with Gasteiger partial charge in [0.2, 0.25) is 0 Å². The van der Waals surface area contributed by atoms with E-state index in [0.717, 1.165) is 13.0 Å². The van der Waals surface area contributed by atoms with Gasteiger partial charge in [-0.15, -0.1) is 6.42 Å². The average Bonchev–Trinajstić information content (AvgIpc) is 2.11. The molecule has 70 valence electrons. The Bertz CT molecular complexity index is 128. The van der Waals surface area contributed by atoms with Crippen molar-refractivity contribution in [3.8, 4) is 12.3 Å². The molecular weight excluding hydrogens is 166 g/mol. The first-order chi connectivity index (χ1) is 5.85. The minimum absolute atomic E-state index is 0.277. The van der Waals surface area contributed by atoms with Gasteiger partial charge in [-0.3, -0.25) is 0 Å². The van der Waals surface area contributed by atoms with Crippen LogP contribution >= 0.6 is 11.8 Å². The number of rotatable bonds is 7. The Kier molecular flexibility index (Phi) is 8.86. The zero-order chi connectivity index (χ0) is 9.23. The van der Waals surface area contributed by atoms with Crippen LogP contribution in [0.3, 0.4) is 0 Å². The topological polar surface area (TPSA) is 12.0 Å². The molecule has 0 aliphatic heterocycles. The van der Waals surface area contributed by atoms with E-state index in [1.807, 2.05) is 11.8 Å². The third kappa shape index (κ3) is 6.57. The summed E-state index contributed by atoms with van der Waals surface area (Å²) in [6.07, 6.45) is 11.0. The highest BCUT2D eigenvalue weighted by Crippen LogP contribution is 1.98. The summed E-state index contributed by atoms with van der Waals surface area (Å²) in [5, 5.41) is 3.33. The van der Waals surface area contributed by atoms with Crippen LogP contribution in [0.15, 0.2) is 0 Å². The molecule has 0 saturated heterocycles. The van der Waals surface area contributed by atoms with E-state index < -0.39 is 0 Å². The first-order valence-corrected chi connectivity index (χ1v) is 5.93. The third-order valence-corrected chi connectivity index (χ3v) is 2.47. The van der Waals surface area contributed by atoms with Gasteiger partial charge in [0.1, 0.15) is 0 Å². The molecule has 0 radical (unpaired) electrons. The highest BCUT2D eigenvalue weighted by Gasteiger charge is 1.98. The number of hydrogen-bond acceptors (Lipinski definition) is 2. The number of hydrogen-bond donors (Lipinski definition) is 1. The smallest absolute Gasteiger partial charge is 0.0684 e. The van der Waals surface area contributed by atoms with Crippen molar-refractivity contribution in [2.45, 2.75) is 32.2 Å². The van der Waals surface area contributed by atoms with Gasteiger partial charge in [0.25, 0.3) is 0 Å². The zero-order valence-corrected chi connectivity index (χ0v) is 8.91. The van der Waals surface area contributed by atoms with Crippen molar-refractivity contribution in [2.24, 2.45) is 0 Å². The first-order valence-electron chi connectivity index (χ1n) is 4.53. The zero-order valence-electron chi connectivity index (χ0n) is 8.10. The second kappa shape index (κ2) is 8.96. The summed E-state index contributed by atoms with van der Waals surface area (Å²) in [5.41, 5.74) is 0. The molecule has 0 aromatic carbocycles. The normalized spacial score (nSPS) is 12.4. The number of unbranched alkanes of at least 4 members (excludes halogenated alkanes) is 1. The highest BCUT2D eigenvalue weighted by atomic mass is 32.2. The fourth-order valence-electron chi connectivity index (χ4n) is 0.969. The second-order valence-corrected chi connectivity index (χ2v) is 3.77. The Morgan fingerprint density at radius 3 is 2.75 bits per heavy atom. The lowest BCUT2D eigenvalue weighted by atomic mass is 10.2. The van der Waals surface area contributed by atoms with E-state index in [1.165, 1.54) is 18.6 Å². The molecule has 0 rings (SSSR count). The van der Waals surface area contributed by atoms with Crippen LogP contribution in [0.2, 0.25) is 0 Å². The van der Waals surface area contributed by atoms with Crippen molar-refractivity contribution in [2.75, 3.05) is 18.6 Å². The molecule has 1 N–H and O–H groups in total. The molecule has 0 saturated carbocycles. The maximum atomic E-state index is 5.31. The van der Waals surface area contributed by atoms with Crippen molar-refractivity contribution >= 4 is 11.8 Å². The van der Waals surface area contributed by atoms with E-state index in [1.54, 1.807) is 0 Å². The second-order valence-electron chi connectivity index (χ2n) is 2.78. The maximum absolute atomic E-state index is 5.31.